The molecule has 0 saturated heterocycles. The van der Waals surface area contributed by atoms with Crippen LogP contribution in [0.3, 0.4) is 0 Å². The van der Waals surface area contributed by atoms with Gasteiger partial charge in [-0.1, -0.05) is 6.92 Å². The van der Waals surface area contributed by atoms with Gasteiger partial charge in [-0.05, 0) is 13.3 Å². The van der Waals surface area contributed by atoms with E-state index in [-0.39, 0.29) is 5.91 Å². The molecule has 0 aromatic carbocycles. The Bertz CT molecular complexity index is 99.8. The smallest absolute Gasteiger partial charge is 0.246 e. The fourth-order valence-electron chi connectivity index (χ4n) is 0.746. The highest BCUT2D eigenvalue weighted by Crippen LogP contribution is 1.96. The molecule has 0 N–H and O–H groups in total. The van der Waals surface area contributed by atoms with E-state index in [1.165, 1.54) is 12.2 Å². The van der Waals surface area contributed by atoms with Gasteiger partial charge in [0.2, 0.25) is 5.91 Å². The molecule has 0 aliphatic rings. The molecule has 0 aliphatic carbocycles. The van der Waals surface area contributed by atoms with Gasteiger partial charge in [-0.3, -0.25) is 9.63 Å². The zero-order valence-electron chi connectivity index (χ0n) is 6.89. The Morgan fingerprint density at radius 2 is 2.10 bits per heavy atom. The highest BCUT2D eigenvalue weighted by molar-refractivity contribution is 5.74. The van der Waals surface area contributed by atoms with Gasteiger partial charge in [-0.15, -0.1) is 0 Å². The molecular weight excluding hydrogens is 130 g/mol. The van der Waals surface area contributed by atoms with Gasteiger partial charge in [-0.25, -0.2) is 5.06 Å². The number of rotatable bonds is 4. The monoisotopic (exact) mass is 145 g/mol. The van der Waals surface area contributed by atoms with Crippen molar-refractivity contribution in [1.82, 2.24) is 5.06 Å². The lowest BCUT2D eigenvalue weighted by Gasteiger charge is -2.16. The van der Waals surface area contributed by atoms with Crippen LogP contribution in [0.5, 0.6) is 0 Å². The van der Waals surface area contributed by atoms with Gasteiger partial charge in [0.05, 0.1) is 7.11 Å². The SMILES string of the molecule is CCCC(=O)N(CC)OC. The molecule has 0 atom stereocenters. The molecule has 60 valence electrons. The summed E-state index contributed by atoms with van der Waals surface area (Å²) in [6.07, 6.45) is 1.44. The summed E-state index contributed by atoms with van der Waals surface area (Å²) >= 11 is 0. The van der Waals surface area contributed by atoms with Crippen molar-refractivity contribution < 1.29 is 9.63 Å². The molecule has 0 rings (SSSR count). The average Bonchev–Trinajstić information content (AvgIpc) is 1.91. The van der Waals surface area contributed by atoms with Gasteiger partial charge in [0, 0.05) is 13.0 Å². The maximum atomic E-state index is 11.0. The number of carbonyl (C=O) groups is 1. The topological polar surface area (TPSA) is 29.5 Å². The number of nitrogens with zero attached hydrogens (tertiary/aromatic N) is 1. The fourth-order valence-corrected chi connectivity index (χ4v) is 0.746. The van der Waals surface area contributed by atoms with E-state index < -0.39 is 0 Å². The normalized spacial score (nSPS) is 9.50. The predicted octanol–water partition coefficient (Wildman–Crippen LogP) is 1.20. The van der Waals surface area contributed by atoms with Gasteiger partial charge in [0.25, 0.3) is 0 Å². The third-order valence-electron chi connectivity index (χ3n) is 1.25. The molecule has 0 radical (unpaired) electrons. The van der Waals surface area contributed by atoms with Gasteiger partial charge >= 0.3 is 0 Å². The van der Waals surface area contributed by atoms with Crippen molar-refractivity contribution in [2.45, 2.75) is 26.7 Å². The summed E-state index contributed by atoms with van der Waals surface area (Å²) < 4.78 is 0. The molecule has 0 unspecified atom stereocenters. The molecule has 0 aromatic heterocycles. The van der Waals surface area contributed by atoms with Crippen molar-refractivity contribution in [3.05, 3.63) is 0 Å². The van der Waals surface area contributed by atoms with Crippen molar-refractivity contribution >= 4 is 5.91 Å². The van der Waals surface area contributed by atoms with Crippen molar-refractivity contribution in [3.8, 4) is 0 Å². The molecule has 1 amide bonds. The average molecular weight is 145 g/mol. The summed E-state index contributed by atoms with van der Waals surface area (Å²) in [4.78, 5) is 15.8. The van der Waals surface area contributed by atoms with E-state index in [0.717, 1.165) is 6.42 Å². The highest BCUT2D eigenvalue weighted by atomic mass is 16.7. The molecule has 0 aromatic rings. The molecule has 0 bridgehead atoms. The van der Waals surface area contributed by atoms with E-state index in [2.05, 4.69) is 0 Å². The lowest BCUT2D eigenvalue weighted by atomic mass is 10.3. The van der Waals surface area contributed by atoms with Gasteiger partial charge < -0.3 is 0 Å². The number of carbonyl (C=O) groups excluding carboxylic acids is 1. The summed E-state index contributed by atoms with van der Waals surface area (Å²) in [5.41, 5.74) is 0. The third kappa shape index (κ3) is 2.82. The van der Waals surface area contributed by atoms with Gasteiger partial charge in [0.15, 0.2) is 0 Å². The van der Waals surface area contributed by atoms with E-state index in [1.807, 2.05) is 13.8 Å². The second-order valence-electron chi connectivity index (χ2n) is 2.02. The van der Waals surface area contributed by atoms with E-state index in [1.54, 1.807) is 0 Å². The van der Waals surface area contributed by atoms with Crippen LogP contribution in [0, 0.1) is 0 Å². The van der Waals surface area contributed by atoms with Crippen molar-refractivity contribution in [1.29, 1.82) is 0 Å². The zero-order valence-corrected chi connectivity index (χ0v) is 6.89. The van der Waals surface area contributed by atoms with Crippen molar-refractivity contribution in [3.63, 3.8) is 0 Å². The Kier molecular flexibility index (Phi) is 4.94. The van der Waals surface area contributed by atoms with Crippen LogP contribution in [-0.4, -0.2) is 24.6 Å². The van der Waals surface area contributed by atoms with Crippen LogP contribution in [0.15, 0.2) is 0 Å². The second-order valence-corrected chi connectivity index (χ2v) is 2.02. The Morgan fingerprint density at radius 1 is 1.50 bits per heavy atom. The first kappa shape index (κ1) is 9.43. The Labute approximate surface area is 61.9 Å². The summed E-state index contributed by atoms with van der Waals surface area (Å²) in [5.74, 6) is 0.0625. The first-order chi connectivity index (χ1) is 4.76. The number of hydrogen-bond acceptors (Lipinski definition) is 2. The first-order valence-electron chi connectivity index (χ1n) is 3.60. The molecule has 10 heavy (non-hydrogen) atoms. The Balaban J connectivity index is 3.65. The molecule has 0 aliphatic heterocycles. The van der Waals surface area contributed by atoms with Crippen molar-refractivity contribution in [2.75, 3.05) is 13.7 Å². The minimum absolute atomic E-state index is 0.0625. The third-order valence-corrected chi connectivity index (χ3v) is 1.25. The van der Waals surface area contributed by atoms with E-state index >= 15 is 0 Å². The molecule has 0 saturated carbocycles. The zero-order chi connectivity index (χ0) is 7.98. The van der Waals surface area contributed by atoms with Crippen LogP contribution >= 0.6 is 0 Å². The lowest BCUT2D eigenvalue weighted by Crippen LogP contribution is -2.29. The van der Waals surface area contributed by atoms with E-state index in [9.17, 15) is 4.79 Å². The summed E-state index contributed by atoms with van der Waals surface area (Å²) in [5, 5.41) is 1.36. The largest absolute Gasteiger partial charge is 0.274 e. The van der Waals surface area contributed by atoms with Crippen molar-refractivity contribution in [2.24, 2.45) is 0 Å². The Hall–Kier alpha value is -0.570. The minimum atomic E-state index is 0.0625. The summed E-state index contributed by atoms with van der Waals surface area (Å²) in [7, 11) is 1.51. The summed E-state index contributed by atoms with van der Waals surface area (Å²) in [6, 6.07) is 0. The standard InChI is InChI=1S/C7H15NO2/c1-4-6-7(9)8(5-2)10-3/h4-6H2,1-3H3. The van der Waals surface area contributed by atoms with Crippen LogP contribution in [0.2, 0.25) is 0 Å². The lowest BCUT2D eigenvalue weighted by molar-refractivity contribution is -0.174. The number of amides is 1. The second kappa shape index (κ2) is 5.23. The number of hydroxylamine groups is 2. The maximum Gasteiger partial charge on any atom is 0.246 e. The molecular formula is C7H15NO2. The first-order valence-corrected chi connectivity index (χ1v) is 3.60. The highest BCUT2D eigenvalue weighted by Gasteiger charge is 2.07. The summed E-state index contributed by atoms with van der Waals surface area (Å²) in [6.45, 7) is 4.48. The Morgan fingerprint density at radius 3 is 2.40 bits per heavy atom. The van der Waals surface area contributed by atoms with Crippen LogP contribution in [0.1, 0.15) is 26.7 Å². The van der Waals surface area contributed by atoms with Crippen LogP contribution in [0.25, 0.3) is 0 Å². The number of hydrogen-bond donors (Lipinski definition) is 0. The maximum absolute atomic E-state index is 11.0. The van der Waals surface area contributed by atoms with Crippen LogP contribution in [0.4, 0.5) is 0 Å². The molecule has 0 fully saturated rings. The molecule has 0 spiro atoms. The van der Waals surface area contributed by atoms with Gasteiger partial charge in [-0.2, -0.15) is 0 Å². The van der Waals surface area contributed by atoms with E-state index in [4.69, 9.17) is 4.84 Å². The molecule has 0 heterocycles. The predicted molar refractivity (Wildman–Crippen MR) is 39.3 cm³/mol. The van der Waals surface area contributed by atoms with E-state index in [0.29, 0.717) is 13.0 Å². The van der Waals surface area contributed by atoms with Crippen LogP contribution < -0.4 is 0 Å². The fraction of sp³-hybridized carbons (Fsp3) is 0.857. The van der Waals surface area contributed by atoms with Gasteiger partial charge in [0.1, 0.15) is 0 Å². The molecule has 3 nitrogen and oxygen atoms in total. The quantitative estimate of drug-likeness (QED) is 0.556. The van der Waals surface area contributed by atoms with Crippen LogP contribution in [-0.2, 0) is 9.63 Å². The molecule has 3 heteroatoms. The minimum Gasteiger partial charge on any atom is -0.274 e.